The van der Waals surface area contributed by atoms with Crippen LogP contribution in [0.3, 0.4) is 0 Å². The molecular weight excluding hydrogens is 216 g/mol. The number of hydrogen-bond donors (Lipinski definition) is 0. The van der Waals surface area contributed by atoms with E-state index in [9.17, 15) is 0 Å². The second-order valence-corrected chi connectivity index (χ2v) is 5.30. The summed E-state index contributed by atoms with van der Waals surface area (Å²) in [5.41, 5.74) is 0.950. The molecule has 1 saturated carbocycles. The van der Waals surface area contributed by atoms with E-state index >= 15 is 0 Å². The van der Waals surface area contributed by atoms with Gasteiger partial charge in [-0.2, -0.15) is 0 Å². The van der Waals surface area contributed by atoms with E-state index in [-0.39, 0.29) is 0 Å². The minimum absolute atomic E-state index is 0.366. The molecular formula is C10H13ClN2S. The molecule has 0 unspecified atom stereocenters. The van der Waals surface area contributed by atoms with Crippen LogP contribution in [0.1, 0.15) is 31.4 Å². The quantitative estimate of drug-likeness (QED) is 0.573. The van der Waals surface area contributed by atoms with Crippen LogP contribution in [0.25, 0.3) is 0 Å². The van der Waals surface area contributed by atoms with Gasteiger partial charge in [-0.3, -0.25) is 0 Å². The van der Waals surface area contributed by atoms with Gasteiger partial charge in [-0.25, -0.2) is 9.97 Å². The van der Waals surface area contributed by atoms with E-state index in [2.05, 4.69) is 9.97 Å². The summed E-state index contributed by atoms with van der Waals surface area (Å²) in [6.45, 7) is 1.95. The van der Waals surface area contributed by atoms with Crippen molar-refractivity contribution in [2.24, 2.45) is 0 Å². The lowest BCUT2D eigenvalue weighted by Crippen LogP contribution is -1.96. The van der Waals surface area contributed by atoms with Crippen molar-refractivity contribution in [2.45, 2.75) is 42.9 Å². The standard InChI is InChI=1S/C10H13ClN2S/c1-7-6-9(13-10(11)12-7)14-8-4-2-3-5-8/h6,8H,2-5H2,1H3. The van der Waals surface area contributed by atoms with Gasteiger partial charge in [0, 0.05) is 10.9 Å². The summed E-state index contributed by atoms with van der Waals surface area (Å²) in [6.07, 6.45) is 5.33. The molecule has 14 heavy (non-hydrogen) atoms. The summed E-state index contributed by atoms with van der Waals surface area (Å²) in [7, 11) is 0. The highest BCUT2D eigenvalue weighted by atomic mass is 35.5. The highest BCUT2D eigenvalue weighted by Crippen LogP contribution is 2.34. The van der Waals surface area contributed by atoms with Gasteiger partial charge in [-0.05, 0) is 37.4 Å². The van der Waals surface area contributed by atoms with Crippen LogP contribution in [-0.4, -0.2) is 15.2 Å². The summed E-state index contributed by atoms with van der Waals surface area (Å²) in [5, 5.41) is 2.13. The van der Waals surface area contributed by atoms with Gasteiger partial charge in [-0.15, -0.1) is 11.8 Å². The Hall–Kier alpha value is -0.280. The highest BCUT2D eigenvalue weighted by molar-refractivity contribution is 7.99. The third-order valence-electron chi connectivity index (χ3n) is 2.39. The van der Waals surface area contributed by atoms with Gasteiger partial charge in [0.25, 0.3) is 0 Å². The van der Waals surface area contributed by atoms with E-state index < -0.39 is 0 Å². The van der Waals surface area contributed by atoms with Crippen molar-refractivity contribution in [3.63, 3.8) is 0 Å². The Morgan fingerprint density at radius 3 is 2.71 bits per heavy atom. The van der Waals surface area contributed by atoms with E-state index in [1.165, 1.54) is 25.7 Å². The predicted octanol–water partition coefficient (Wildman–Crippen LogP) is 3.47. The minimum atomic E-state index is 0.366. The van der Waals surface area contributed by atoms with Gasteiger partial charge in [0.2, 0.25) is 5.28 Å². The van der Waals surface area contributed by atoms with Crippen molar-refractivity contribution in [3.8, 4) is 0 Å². The molecule has 0 saturated heterocycles. The molecule has 1 aliphatic carbocycles. The minimum Gasteiger partial charge on any atom is -0.223 e. The number of aromatic nitrogens is 2. The van der Waals surface area contributed by atoms with Gasteiger partial charge in [-0.1, -0.05) is 12.8 Å². The first-order valence-corrected chi connectivity index (χ1v) is 6.17. The van der Waals surface area contributed by atoms with Crippen molar-refractivity contribution >= 4 is 23.4 Å². The average molecular weight is 229 g/mol. The first-order valence-electron chi connectivity index (χ1n) is 4.92. The number of thioether (sulfide) groups is 1. The number of halogens is 1. The van der Waals surface area contributed by atoms with Crippen molar-refractivity contribution < 1.29 is 0 Å². The van der Waals surface area contributed by atoms with Crippen LogP contribution in [0.4, 0.5) is 0 Å². The first-order chi connectivity index (χ1) is 6.74. The summed E-state index contributed by atoms with van der Waals surface area (Å²) >= 11 is 7.64. The molecule has 0 N–H and O–H groups in total. The van der Waals surface area contributed by atoms with Crippen molar-refractivity contribution in [1.29, 1.82) is 0 Å². The van der Waals surface area contributed by atoms with Gasteiger partial charge >= 0.3 is 0 Å². The Morgan fingerprint density at radius 1 is 1.36 bits per heavy atom. The Bertz CT molecular complexity index is 304. The molecule has 1 aromatic heterocycles. The largest absolute Gasteiger partial charge is 0.223 e. The smallest absolute Gasteiger partial charge is 0.223 e. The monoisotopic (exact) mass is 228 g/mol. The lowest BCUT2D eigenvalue weighted by atomic mass is 10.4. The molecule has 0 radical (unpaired) electrons. The Labute approximate surface area is 93.5 Å². The molecule has 0 aromatic carbocycles. The van der Waals surface area contributed by atoms with Crippen LogP contribution < -0.4 is 0 Å². The topological polar surface area (TPSA) is 25.8 Å². The number of hydrogen-bond acceptors (Lipinski definition) is 3. The van der Waals surface area contributed by atoms with Crippen molar-refractivity contribution in [1.82, 2.24) is 9.97 Å². The maximum atomic E-state index is 5.80. The SMILES string of the molecule is Cc1cc(SC2CCCC2)nc(Cl)n1. The van der Waals surface area contributed by atoms with Crippen LogP contribution in [0.5, 0.6) is 0 Å². The van der Waals surface area contributed by atoms with Gasteiger partial charge in [0.15, 0.2) is 0 Å². The molecule has 1 aromatic rings. The molecule has 0 amide bonds. The van der Waals surface area contributed by atoms with Gasteiger partial charge in [0.05, 0.1) is 0 Å². The highest BCUT2D eigenvalue weighted by Gasteiger charge is 2.17. The summed E-state index contributed by atoms with van der Waals surface area (Å²) in [4.78, 5) is 8.26. The molecule has 2 rings (SSSR count). The maximum Gasteiger partial charge on any atom is 0.223 e. The van der Waals surface area contributed by atoms with Crippen molar-refractivity contribution in [3.05, 3.63) is 17.0 Å². The second-order valence-electron chi connectivity index (χ2n) is 3.64. The molecule has 1 heterocycles. The molecule has 1 fully saturated rings. The molecule has 2 nitrogen and oxygen atoms in total. The average Bonchev–Trinajstić information content (AvgIpc) is 2.54. The van der Waals surface area contributed by atoms with E-state index in [4.69, 9.17) is 11.6 Å². The van der Waals surface area contributed by atoms with Crippen LogP contribution in [0.15, 0.2) is 11.1 Å². The number of nitrogens with zero attached hydrogens (tertiary/aromatic N) is 2. The molecule has 0 aliphatic heterocycles. The molecule has 0 bridgehead atoms. The Morgan fingerprint density at radius 2 is 2.07 bits per heavy atom. The third-order valence-corrected chi connectivity index (χ3v) is 3.82. The van der Waals surface area contributed by atoms with E-state index in [0.29, 0.717) is 5.28 Å². The van der Waals surface area contributed by atoms with E-state index in [1.54, 1.807) is 0 Å². The van der Waals surface area contributed by atoms with Crippen molar-refractivity contribution in [2.75, 3.05) is 0 Å². The maximum absolute atomic E-state index is 5.80. The lowest BCUT2D eigenvalue weighted by Gasteiger charge is -2.07. The zero-order valence-electron chi connectivity index (χ0n) is 8.16. The van der Waals surface area contributed by atoms with Crippen LogP contribution >= 0.6 is 23.4 Å². The molecule has 0 spiro atoms. The van der Waals surface area contributed by atoms with Gasteiger partial charge < -0.3 is 0 Å². The Balaban J connectivity index is 2.07. The van der Waals surface area contributed by atoms with Gasteiger partial charge in [0.1, 0.15) is 5.03 Å². The summed E-state index contributed by atoms with van der Waals surface area (Å²) in [5.74, 6) is 0. The third kappa shape index (κ3) is 2.61. The first kappa shape index (κ1) is 10.2. The summed E-state index contributed by atoms with van der Waals surface area (Å²) in [6, 6.07) is 2.01. The van der Waals surface area contributed by atoms with Crippen LogP contribution in [-0.2, 0) is 0 Å². The second kappa shape index (κ2) is 4.49. The predicted molar refractivity (Wildman–Crippen MR) is 59.9 cm³/mol. The fourth-order valence-corrected chi connectivity index (χ4v) is 3.30. The number of rotatable bonds is 2. The lowest BCUT2D eigenvalue weighted by molar-refractivity contribution is 0.886. The molecule has 76 valence electrons. The number of aryl methyl sites for hydroxylation is 1. The van der Waals surface area contributed by atoms with Crippen LogP contribution in [0, 0.1) is 6.92 Å². The summed E-state index contributed by atoms with van der Waals surface area (Å²) < 4.78 is 0. The van der Waals surface area contributed by atoms with Crippen LogP contribution in [0.2, 0.25) is 5.28 Å². The fourth-order valence-electron chi connectivity index (χ4n) is 1.74. The Kier molecular flexibility index (Phi) is 3.29. The molecule has 0 atom stereocenters. The zero-order chi connectivity index (χ0) is 9.97. The molecule has 1 aliphatic rings. The van der Waals surface area contributed by atoms with E-state index in [0.717, 1.165) is 16.0 Å². The normalized spacial score (nSPS) is 17.6. The van der Waals surface area contributed by atoms with E-state index in [1.807, 2.05) is 24.8 Å². The zero-order valence-corrected chi connectivity index (χ0v) is 9.74. The molecule has 4 heteroatoms. The fraction of sp³-hybridized carbons (Fsp3) is 0.600.